The van der Waals surface area contributed by atoms with Crippen molar-refractivity contribution in [3.8, 4) is 0 Å². The highest BCUT2D eigenvalue weighted by Crippen LogP contribution is 2.20. The fourth-order valence-corrected chi connectivity index (χ4v) is 2.97. The van der Waals surface area contributed by atoms with Gasteiger partial charge in [0.2, 0.25) is 10.0 Å². The minimum atomic E-state index is -3.37. The molecule has 0 fully saturated rings. The van der Waals surface area contributed by atoms with E-state index < -0.39 is 10.0 Å². The highest BCUT2D eigenvalue weighted by Gasteiger charge is 2.13. The summed E-state index contributed by atoms with van der Waals surface area (Å²) < 4.78 is 26.8. The van der Waals surface area contributed by atoms with Crippen molar-refractivity contribution in [1.29, 1.82) is 0 Å². The van der Waals surface area contributed by atoms with Crippen LogP contribution in [0.5, 0.6) is 0 Å². The van der Waals surface area contributed by atoms with Gasteiger partial charge in [-0.15, -0.1) is 0 Å². The van der Waals surface area contributed by atoms with E-state index in [1.54, 1.807) is 12.1 Å². The van der Waals surface area contributed by atoms with E-state index in [0.29, 0.717) is 17.4 Å². The molecule has 1 atom stereocenters. The lowest BCUT2D eigenvalue weighted by Gasteiger charge is -2.11. The van der Waals surface area contributed by atoms with Gasteiger partial charge in [0, 0.05) is 6.54 Å². The van der Waals surface area contributed by atoms with Gasteiger partial charge in [0.25, 0.3) is 0 Å². The van der Waals surface area contributed by atoms with E-state index in [-0.39, 0.29) is 0 Å². The molecule has 5 heteroatoms. The van der Waals surface area contributed by atoms with Crippen LogP contribution in [0.1, 0.15) is 45.1 Å². The first-order valence-corrected chi connectivity index (χ1v) is 8.80. The third-order valence-electron chi connectivity index (χ3n) is 3.44. The summed E-state index contributed by atoms with van der Waals surface area (Å²) in [6.45, 7) is 8.49. The third-order valence-corrected chi connectivity index (χ3v) is 4.92. The lowest BCUT2D eigenvalue weighted by Crippen LogP contribution is -2.27. The zero-order valence-corrected chi connectivity index (χ0v) is 13.5. The van der Waals surface area contributed by atoms with Crippen LogP contribution >= 0.6 is 0 Å². The van der Waals surface area contributed by atoms with E-state index in [1.807, 2.05) is 19.1 Å². The molecule has 4 nitrogen and oxygen atoms in total. The van der Waals surface area contributed by atoms with Gasteiger partial charge in [0.15, 0.2) is 0 Å². The Morgan fingerprint density at radius 3 is 2.30 bits per heavy atom. The summed E-state index contributed by atoms with van der Waals surface area (Å²) in [4.78, 5) is 0.341. The normalized spacial score (nSPS) is 13.3. The second-order valence-corrected chi connectivity index (χ2v) is 6.75. The number of nitrogens with one attached hydrogen (secondary N) is 2. The second kappa shape index (κ2) is 8.39. The maximum atomic E-state index is 12.1. The van der Waals surface area contributed by atoms with Crippen LogP contribution in [0, 0.1) is 0 Å². The standard InChI is InChI=1S/C15H26N2O2S/c1-4-13(3)14-7-9-15(10-8-14)20(18,19)17-12-6-11-16-5-2/h7-10,13,16-17H,4-6,11-12H2,1-3H3. The van der Waals surface area contributed by atoms with Crippen LogP contribution in [0.3, 0.4) is 0 Å². The van der Waals surface area contributed by atoms with Gasteiger partial charge in [-0.3, -0.25) is 0 Å². The highest BCUT2D eigenvalue weighted by molar-refractivity contribution is 7.89. The molecule has 2 N–H and O–H groups in total. The minimum absolute atomic E-state index is 0.341. The second-order valence-electron chi connectivity index (χ2n) is 4.98. The van der Waals surface area contributed by atoms with Gasteiger partial charge in [-0.25, -0.2) is 13.1 Å². The van der Waals surface area contributed by atoms with Crippen molar-refractivity contribution in [1.82, 2.24) is 10.0 Å². The molecule has 0 saturated carbocycles. The quantitative estimate of drug-likeness (QED) is 0.689. The number of sulfonamides is 1. The fourth-order valence-electron chi connectivity index (χ4n) is 1.89. The molecule has 0 amide bonds. The zero-order valence-electron chi connectivity index (χ0n) is 12.6. The summed E-state index contributed by atoms with van der Waals surface area (Å²) in [5.41, 5.74) is 1.18. The molecule has 0 aromatic heterocycles. The molecule has 0 radical (unpaired) electrons. The molecule has 0 aliphatic heterocycles. The van der Waals surface area contributed by atoms with Gasteiger partial charge in [-0.2, -0.15) is 0 Å². The fraction of sp³-hybridized carbons (Fsp3) is 0.600. The Morgan fingerprint density at radius 1 is 1.10 bits per heavy atom. The summed E-state index contributed by atoms with van der Waals surface area (Å²) in [5.74, 6) is 0.458. The van der Waals surface area contributed by atoms with Crippen LogP contribution in [-0.2, 0) is 10.0 Å². The van der Waals surface area contributed by atoms with Crippen LogP contribution in [0.25, 0.3) is 0 Å². The smallest absolute Gasteiger partial charge is 0.240 e. The Morgan fingerprint density at radius 2 is 1.75 bits per heavy atom. The number of benzene rings is 1. The topological polar surface area (TPSA) is 58.2 Å². The molecule has 0 aliphatic carbocycles. The molecule has 20 heavy (non-hydrogen) atoms. The van der Waals surface area contributed by atoms with Gasteiger partial charge >= 0.3 is 0 Å². The largest absolute Gasteiger partial charge is 0.317 e. The summed E-state index contributed by atoms with van der Waals surface area (Å²) in [6.07, 6.45) is 1.84. The first kappa shape index (κ1) is 17.1. The lowest BCUT2D eigenvalue weighted by atomic mass is 9.99. The van der Waals surface area contributed by atoms with Gasteiger partial charge in [-0.1, -0.05) is 32.9 Å². The molecule has 0 spiro atoms. The van der Waals surface area contributed by atoms with Crippen molar-refractivity contribution in [2.45, 2.75) is 44.4 Å². The summed E-state index contributed by atoms with van der Waals surface area (Å²) in [7, 11) is -3.37. The summed E-state index contributed by atoms with van der Waals surface area (Å²) >= 11 is 0. The highest BCUT2D eigenvalue weighted by atomic mass is 32.2. The lowest BCUT2D eigenvalue weighted by molar-refractivity contribution is 0.575. The molecule has 1 aromatic carbocycles. The first-order chi connectivity index (χ1) is 9.51. The Balaban J connectivity index is 2.59. The van der Waals surface area contributed by atoms with Crippen molar-refractivity contribution in [3.63, 3.8) is 0 Å². The predicted octanol–water partition coefficient (Wildman–Crippen LogP) is 2.48. The Hall–Kier alpha value is -0.910. The van der Waals surface area contributed by atoms with Crippen LogP contribution in [0.4, 0.5) is 0 Å². The monoisotopic (exact) mass is 298 g/mol. The van der Waals surface area contributed by atoms with Crippen molar-refractivity contribution in [2.24, 2.45) is 0 Å². The van der Waals surface area contributed by atoms with Crippen LogP contribution < -0.4 is 10.0 Å². The van der Waals surface area contributed by atoms with E-state index in [0.717, 1.165) is 25.9 Å². The molecule has 0 saturated heterocycles. The summed E-state index contributed by atoms with van der Waals surface area (Å²) in [5, 5.41) is 3.17. The van der Waals surface area contributed by atoms with Gasteiger partial charge in [0.1, 0.15) is 0 Å². The van der Waals surface area contributed by atoms with Crippen molar-refractivity contribution in [2.75, 3.05) is 19.6 Å². The van der Waals surface area contributed by atoms with Crippen LogP contribution in [-0.4, -0.2) is 28.1 Å². The molecule has 1 aromatic rings. The van der Waals surface area contributed by atoms with Crippen molar-refractivity contribution < 1.29 is 8.42 Å². The Labute approximate surface area is 123 Å². The zero-order chi connectivity index (χ0) is 15.0. The van der Waals surface area contributed by atoms with Gasteiger partial charge in [0.05, 0.1) is 4.90 Å². The molecule has 1 rings (SSSR count). The Kier molecular flexibility index (Phi) is 7.19. The molecule has 114 valence electrons. The number of hydrogen-bond acceptors (Lipinski definition) is 3. The van der Waals surface area contributed by atoms with Gasteiger partial charge in [-0.05, 0) is 49.5 Å². The number of rotatable bonds is 9. The predicted molar refractivity (Wildman–Crippen MR) is 83.5 cm³/mol. The molecule has 0 aliphatic rings. The van der Waals surface area contributed by atoms with E-state index in [4.69, 9.17) is 0 Å². The first-order valence-electron chi connectivity index (χ1n) is 7.31. The molecular formula is C15H26N2O2S. The van der Waals surface area contributed by atoms with Crippen molar-refractivity contribution >= 4 is 10.0 Å². The van der Waals surface area contributed by atoms with Crippen molar-refractivity contribution in [3.05, 3.63) is 29.8 Å². The molecule has 0 heterocycles. The number of hydrogen-bond donors (Lipinski definition) is 2. The molecule has 0 bridgehead atoms. The average Bonchev–Trinajstić information content (AvgIpc) is 2.46. The Bertz CT molecular complexity index is 483. The minimum Gasteiger partial charge on any atom is -0.317 e. The maximum absolute atomic E-state index is 12.1. The van der Waals surface area contributed by atoms with Gasteiger partial charge < -0.3 is 5.32 Å². The summed E-state index contributed by atoms with van der Waals surface area (Å²) in [6, 6.07) is 7.19. The molecule has 1 unspecified atom stereocenters. The van der Waals surface area contributed by atoms with E-state index in [2.05, 4.69) is 23.9 Å². The SMILES string of the molecule is CCNCCCNS(=O)(=O)c1ccc(C(C)CC)cc1. The third kappa shape index (κ3) is 5.23. The van der Waals surface area contributed by atoms with Crippen LogP contribution in [0.2, 0.25) is 0 Å². The maximum Gasteiger partial charge on any atom is 0.240 e. The van der Waals surface area contributed by atoms with E-state index >= 15 is 0 Å². The van der Waals surface area contributed by atoms with E-state index in [1.165, 1.54) is 5.56 Å². The van der Waals surface area contributed by atoms with E-state index in [9.17, 15) is 8.42 Å². The van der Waals surface area contributed by atoms with Crippen LogP contribution in [0.15, 0.2) is 29.2 Å². The molecular weight excluding hydrogens is 272 g/mol. The average molecular weight is 298 g/mol.